The Bertz CT molecular complexity index is 921. The van der Waals surface area contributed by atoms with Gasteiger partial charge < -0.3 is 0 Å². The number of halogens is 1. The van der Waals surface area contributed by atoms with Crippen LogP contribution in [0.25, 0.3) is 21.8 Å². The molecular formula is C14H10ClN3O2S2. The number of nitrogens with zero attached hydrogens (tertiary/aromatic N) is 2. The molecule has 0 saturated heterocycles. The minimum absolute atomic E-state index is 0.0765. The van der Waals surface area contributed by atoms with E-state index >= 15 is 0 Å². The summed E-state index contributed by atoms with van der Waals surface area (Å²) in [6.07, 6.45) is 1.62. The van der Waals surface area contributed by atoms with Gasteiger partial charge in [0.2, 0.25) is 10.0 Å². The molecule has 2 N–H and O–H groups in total. The molecule has 2 heterocycles. The lowest BCUT2D eigenvalue weighted by molar-refractivity contribution is 0.598. The van der Waals surface area contributed by atoms with Gasteiger partial charge in [-0.1, -0.05) is 23.7 Å². The molecule has 5 nitrogen and oxygen atoms in total. The molecule has 0 fully saturated rings. The molecular weight excluding hydrogens is 342 g/mol. The number of primary sulfonamides is 1. The molecule has 2 aromatic heterocycles. The standard InChI is InChI=1S/C14H10ClN3O2S2/c15-13-7-10(5-6-17-13)14-18-12(8-21-14)9-1-3-11(4-2-9)22(16,19)20/h1-8H,(H2,16,19,20). The lowest BCUT2D eigenvalue weighted by Crippen LogP contribution is -2.11. The van der Waals surface area contributed by atoms with Crippen LogP contribution in [0.4, 0.5) is 0 Å². The lowest BCUT2D eigenvalue weighted by atomic mass is 10.2. The van der Waals surface area contributed by atoms with Crippen LogP contribution in [0.2, 0.25) is 5.15 Å². The number of benzene rings is 1. The van der Waals surface area contributed by atoms with Crippen LogP contribution in [0.3, 0.4) is 0 Å². The molecule has 0 unspecified atom stereocenters. The van der Waals surface area contributed by atoms with E-state index in [1.807, 2.05) is 11.4 Å². The van der Waals surface area contributed by atoms with Crippen molar-refractivity contribution in [2.75, 3.05) is 0 Å². The topological polar surface area (TPSA) is 85.9 Å². The zero-order valence-corrected chi connectivity index (χ0v) is 13.5. The predicted octanol–water partition coefficient (Wildman–Crippen LogP) is 3.17. The first kappa shape index (κ1) is 15.1. The SMILES string of the molecule is NS(=O)(=O)c1ccc(-c2csc(-c3ccnc(Cl)c3)n2)cc1. The van der Waals surface area contributed by atoms with Crippen LogP contribution in [-0.4, -0.2) is 18.4 Å². The molecule has 0 bridgehead atoms. The van der Waals surface area contributed by atoms with E-state index in [0.717, 1.165) is 21.8 Å². The summed E-state index contributed by atoms with van der Waals surface area (Å²) in [5.74, 6) is 0. The largest absolute Gasteiger partial charge is 0.245 e. The van der Waals surface area contributed by atoms with Crippen LogP contribution in [0.5, 0.6) is 0 Å². The summed E-state index contributed by atoms with van der Waals surface area (Å²) in [5, 5.41) is 8.20. The average molecular weight is 352 g/mol. The van der Waals surface area contributed by atoms with E-state index in [9.17, 15) is 8.42 Å². The minimum Gasteiger partial charge on any atom is -0.245 e. The van der Waals surface area contributed by atoms with Gasteiger partial charge >= 0.3 is 0 Å². The second-order valence-electron chi connectivity index (χ2n) is 4.47. The van der Waals surface area contributed by atoms with Crippen LogP contribution in [0, 0.1) is 0 Å². The lowest BCUT2D eigenvalue weighted by Gasteiger charge is -2.00. The summed E-state index contributed by atoms with van der Waals surface area (Å²) < 4.78 is 22.5. The van der Waals surface area contributed by atoms with Gasteiger partial charge in [-0.15, -0.1) is 11.3 Å². The van der Waals surface area contributed by atoms with Crippen molar-refractivity contribution in [1.82, 2.24) is 9.97 Å². The van der Waals surface area contributed by atoms with Gasteiger partial charge in [0.25, 0.3) is 0 Å². The van der Waals surface area contributed by atoms with Gasteiger partial charge in [0.05, 0.1) is 10.6 Å². The van der Waals surface area contributed by atoms with Crippen molar-refractivity contribution in [2.24, 2.45) is 5.14 Å². The molecule has 3 aromatic rings. The van der Waals surface area contributed by atoms with E-state index in [2.05, 4.69) is 9.97 Å². The highest BCUT2D eigenvalue weighted by Gasteiger charge is 2.10. The molecule has 8 heteroatoms. The molecule has 0 radical (unpaired) electrons. The van der Waals surface area contributed by atoms with Crippen LogP contribution in [0.15, 0.2) is 52.9 Å². The summed E-state index contributed by atoms with van der Waals surface area (Å²) in [6.45, 7) is 0. The van der Waals surface area contributed by atoms with Crippen LogP contribution in [-0.2, 0) is 10.0 Å². The van der Waals surface area contributed by atoms with E-state index in [1.165, 1.54) is 23.5 Å². The number of hydrogen-bond donors (Lipinski definition) is 1. The fraction of sp³-hybridized carbons (Fsp3) is 0. The van der Waals surface area contributed by atoms with Gasteiger partial charge in [-0.25, -0.2) is 23.5 Å². The van der Waals surface area contributed by atoms with E-state index in [4.69, 9.17) is 16.7 Å². The van der Waals surface area contributed by atoms with E-state index < -0.39 is 10.0 Å². The quantitative estimate of drug-likeness (QED) is 0.734. The summed E-state index contributed by atoms with van der Waals surface area (Å²) in [5.41, 5.74) is 2.46. The Kier molecular flexibility index (Phi) is 3.96. The second kappa shape index (κ2) is 5.77. The smallest absolute Gasteiger partial charge is 0.238 e. The van der Waals surface area contributed by atoms with E-state index in [1.54, 1.807) is 24.4 Å². The Balaban J connectivity index is 1.94. The third-order valence-electron chi connectivity index (χ3n) is 2.96. The van der Waals surface area contributed by atoms with Crippen molar-refractivity contribution >= 4 is 33.0 Å². The van der Waals surface area contributed by atoms with Gasteiger partial charge in [-0.2, -0.15) is 0 Å². The minimum atomic E-state index is -3.68. The highest BCUT2D eigenvalue weighted by molar-refractivity contribution is 7.89. The Morgan fingerprint density at radius 2 is 1.82 bits per heavy atom. The number of rotatable bonds is 3. The van der Waals surface area contributed by atoms with Crippen molar-refractivity contribution in [3.8, 4) is 21.8 Å². The maximum Gasteiger partial charge on any atom is 0.238 e. The number of aromatic nitrogens is 2. The number of sulfonamides is 1. The van der Waals surface area contributed by atoms with Crippen molar-refractivity contribution in [3.63, 3.8) is 0 Å². The zero-order valence-electron chi connectivity index (χ0n) is 11.1. The summed E-state index contributed by atoms with van der Waals surface area (Å²) in [7, 11) is -3.68. The first-order valence-electron chi connectivity index (χ1n) is 6.14. The molecule has 0 spiro atoms. The molecule has 0 saturated carbocycles. The van der Waals surface area contributed by atoms with Gasteiger partial charge in [-0.05, 0) is 24.3 Å². The first-order valence-corrected chi connectivity index (χ1v) is 8.94. The van der Waals surface area contributed by atoms with Gasteiger partial charge in [0, 0.05) is 22.7 Å². The zero-order chi connectivity index (χ0) is 15.7. The summed E-state index contributed by atoms with van der Waals surface area (Å²) in [6, 6.07) is 9.86. The molecule has 112 valence electrons. The number of pyridine rings is 1. The Morgan fingerprint density at radius 3 is 2.45 bits per heavy atom. The van der Waals surface area contributed by atoms with Crippen LogP contribution in [0.1, 0.15) is 0 Å². The number of nitrogens with two attached hydrogens (primary N) is 1. The van der Waals surface area contributed by atoms with Gasteiger partial charge in [0.1, 0.15) is 10.2 Å². The average Bonchev–Trinajstić information content (AvgIpc) is 2.96. The molecule has 0 aliphatic rings. The molecule has 0 aliphatic heterocycles. The molecule has 22 heavy (non-hydrogen) atoms. The molecule has 1 aromatic carbocycles. The maximum absolute atomic E-state index is 11.2. The van der Waals surface area contributed by atoms with E-state index in [-0.39, 0.29) is 4.90 Å². The van der Waals surface area contributed by atoms with Gasteiger partial charge in [0.15, 0.2) is 0 Å². The van der Waals surface area contributed by atoms with Crippen LogP contribution >= 0.6 is 22.9 Å². The normalized spacial score (nSPS) is 11.5. The third kappa shape index (κ3) is 3.17. The van der Waals surface area contributed by atoms with Gasteiger partial charge in [-0.3, -0.25) is 0 Å². The van der Waals surface area contributed by atoms with Crippen LogP contribution < -0.4 is 5.14 Å². The van der Waals surface area contributed by atoms with Crippen molar-refractivity contribution in [3.05, 3.63) is 53.1 Å². The van der Waals surface area contributed by atoms with E-state index in [0.29, 0.717) is 5.15 Å². The van der Waals surface area contributed by atoms with Crippen molar-refractivity contribution in [2.45, 2.75) is 4.90 Å². The molecule has 0 atom stereocenters. The fourth-order valence-corrected chi connectivity index (χ4v) is 3.41. The predicted molar refractivity (Wildman–Crippen MR) is 87.2 cm³/mol. The Hall–Kier alpha value is -1.80. The molecule has 0 aliphatic carbocycles. The van der Waals surface area contributed by atoms with Crippen molar-refractivity contribution < 1.29 is 8.42 Å². The fourth-order valence-electron chi connectivity index (χ4n) is 1.89. The molecule has 0 amide bonds. The maximum atomic E-state index is 11.2. The highest BCUT2D eigenvalue weighted by atomic mass is 35.5. The Labute approximate surface area is 136 Å². The first-order chi connectivity index (χ1) is 10.4. The number of hydrogen-bond acceptors (Lipinski definition) is 5. The monoisotopic (exact) mass is 351 g/mol. The second-order valence-corrected chi connectivity index (χ2v) is 7.28. The third-order valence-corrected chi connectivity index (χ3v) is 4.98. The molecule has 3 rings (SSSR count). The van der Waals surface area contributed by atoms with Crippen molar-refractivity contribution in [1.29, 1.82) is 0 Å². The summed E-state index contributed by atoms with van der Waals surface area (Å²) >= 11 is 7.35. The number of thiazole rings is 1. The highest BCUT2D eigenvalue weighted by Crippen LogP contribution is 2.29. The summed E-state index contributed by atoms with van der Waals surface area (Å²) in [4.78, 5) is 8.55. The Morgan fingerprint density at radius 1 is 1.09 bits per heavy atom.